The lowest BCUT2D eigenvalue weighted by molar-refractivity contribution is -0.383. The molecule has 2 heterocycles. The van der Waals surface area contributed by atoms with E-state index in [9.17, 15) is 10.1 Å². The number of nitro benzene ring substituents is 1. The van der Waals surface area contributed by atoms with Crippen LogP contribution in [0.25, 0.3) is 10.9 Å². The highest BCUT2D eigenvalue weighted by atomic mass is 16.6. The number of aryl methyl sites for hydroxylation is 1. The maximum atomic E-state index is 11.3. The molecule has 2 aliphatic rings. The Balaban J connectivity index is 1.54. The zero-order valence-electron chi connectivity index (χ0n) is 14.3. The molecule has 0 bridgehead atoms. The average molecular weight is 342 g/mol. The van der Waals surface area contributed by atoms with E-state index in [0.717, 1.165) is 42.5 Å². The van der Waals surface area contributed by atoms with Crippen molar-refractivity contribution in [2.24, 2.45) is 0 Å². The first kappa shape index (κ1) is 16.2. The molecular weight excluding hydrogens is 320 g/mol. The highest BCUT2D eigenvalue weighted by Gasteiger charge is 2.32. The number of benzene rings is 1. The van der Waals surface area contributed by atoms with E-state index in [1.54, 1.807) is 6.07 Å². The molecule has 1 N–H and O–H groups in total. The van der Waals surface area contributed by atoms with Gasteiger partial charge in [-0.3, -0.25) is 15.0 Å². The highest BCUT2D eigenvalue weighted by molar-refractivity contribution is 5.96. The van der Waals surface area contributed by atoms with Crippen LogP contribution in [-0.4, -0.2) is 53.2 Å². The third kappa shape index (κ3) is 3.43. The van der Waals surface area contributed by atoms with E-state index in [2.05, 4.69) is 15.2 Å². The van der Waals surface area contributed by atoms with Crippen molar-refractivity contribution >= 4 is 22.3 Å². The summed E-state index contributed by atoms with van der Waals surface area (Å²) >= 11 is 0. The molecule has 2 aromatic rings. The quantitative estimate of drug-likeness (QED) is 0.665. The fraction of sp³-hybridized carbons (Fsp3) is 0.500. The van der Waals surface area contributed by atoms with Crippen LogP contribution in [0.1, 0.15) is 18.5 Å². The summed E-state index contributed by atoms with van der Waals surface area (Å²) in [4.78, 5) is 17.8. The number of hydrogen-bond acceptors (Lipinski definition) is 6. The number of hydrogen-bond donors (Lipinski definition) is 1. The zero-order chi connectivity index (χ0) is 17.4. The van der Waals surface area contributed by atoms with E-state index in [-0.39, 0.29) is 16.7 Å². The first-order valence-electron chi connectivity index (χ1n) is 8.76. The Labute approximate surface area is 146 Å². The van der Waals surface area contributed by atoms with E-state index in [1.165, 1.54) is 18.9 Å². The summed E-state index contributed by atoms with van der Waals surface area (Å²) in [6.45, 7) is 5.27. The van der Waals surface area contributed by atoms with Crippen molar-refractivity contribution in [2.75, 3.05) is 31.6 Å². The molecule has 1 saturated carbocycles. The Morgan fingerprint density at radius 1 is 1.44 bits per heavy atom. The van der Waals surface area contributed by atoms with Crippen molar-refractivity contribution in [3.8, 4) is 0 Å². The molecule has 7 heteroatoms. The lowest BCUT2D eigenvalue weighted by Crippen LogP contribution is -2.46. The molecule has 132 valence electrons. The van der Waals surface area contributed by atoms with Gasteiger partial charge in [0.05, 0.1) is 17.6 Å². The second-order valence-corrected chi connectivity index (χ2v) is 6.84. The molecular formula is C18H22N4O3. The third-order valence-corrected chi connectivity index (χ3v) is 4.90. The Kier molecular flexibility index (Phi) is 4.27. The van der Waals surface area contributed by atoms with Crippen LogP contribution >= 0.6 is 0 Å². The standard InChI is InChI=1S/C18H22N4O3/c1-12-9-16(15-3-2-4-17(22(23)24)18(15)20-12)19-10-14-11-21(7-8-25-14)13-5-6-13/h2-4,9,13-14H,5-8,10-11H2,1H3,(H,19,20). The Hall–Kier alpha value is -2.25. The van der Waals surface area contributed by atoms with Gasteiger partial charge in [-0.15, -0.1) is 0 Å². The van der Waals surface area contributed by atoms with Crippen molar-refractivity contribution in [3.05, 3.63) is 40.1 Å². The number of pyridine rings is 1. The van der Waals surface area contributed by atoms with Gasteiger partial charge in [0.2, 0.25) is 0 Å². The number of fused-ring (bicyclic) bond motifs is 1. The number of aromatic nitrogens is 1. The normalized spacial score (nSPS) is 21.4. The molecule has 1 aromatic carbocycles. The molecule has 1 aliphatic heterocycles. The minimum atomic E-state index is -0.379. The van der Waals surface area contributed by atoms with Gasteiger partial charge in [0.25, 0.3) is 5.69 Å². The molecule has 0 radical (unpaired) electrons. The summed E-state index contributed by atoms with van der Waals surface area (Å²) in [5.74, 6) is 0. The fourth-order valence-electron chi connectivity index (χ4n) is 3.52. The molecule has 1 aromatic heterocycles. The molecule has 1 unspecified atom stereocenters. The van der Waals surface area contributed by atoms with E-state index in [1.807, 2.05) is 19.1 Å². The van der Waals surface area contributed by atoms with Crippen LogP contribution in [0.15, 0.2) is 24.3 Å². The highest BCUT2D eigenvalue weighted by Crippen LogP contribution is 2.31. The number of anilines is 1. The second kappa shape index (κ2) is 6.57. The maximum Gasteiger partial charge on any atom is 0.295 e. The SMILES string of the molecule is Cc1cc(NCC2CN(C3CC3)CCO2)c2cccc([N+](=O)[O-])c2n1. The number of nitro groups is 1. The maximum absolute atomic E-state index is 11.3. The van der Waals surface area contributed by atoms with E-state index in [0.29, 0.717) is 12.1 Å². The van der Waals surface area contributed by atoms with Crippen LogP contribution in [0.5, 0.6) is 0 Å². The Bertz CT molecular complexity index is 806. The van der Waals surface area contributed by atoms with Gasteiger partial charge >= 0.3 is 0 Å². The third-order valence-electron chi connectivity index (χ3n) is 4.90. The molecule has 25 heavy (non-hydrogen) atoms. The first-order valence-corrected chi connectivity index (χ1v) is 8.76. The zero-order valence-corrected chi connectivity index (χ0v) is 14.3. The van der Waals surface area contributed by atoms with Crippen LogP contribution in [0.2, 0.25) is 0 Å². The molecule has 1 saturated heterocycles. The summed E-state index contributed by atoms with van der Waals surface area (Å²) in [6, 6.07) is 7.76. The minimum Gasteiger partial charge on any atom is -0.382 e. The predicted molar refractivity (Wildman–Crippen MR) is 96.0 cm³/mol. The van der Waals surface area contributed by atoms with E-state index >= 15 is 0 Å². The van der Waals surface area contributed by atoms with E-state index in [4.69, 9.17) is 4.74 Å². The molecule has 7 nitrogen and oxygen atoms in total. The van der Waals surface area contributed by atoms with Crippen LogP contribution < -0.4 is 5.32 Å². The number of nitrogens with zero attached hydrogens (tertiary/aromatic N) is 3. The van der Waals surface area contributed by atoms with Gasteiger partial charge in [0.1, 0.15) is 0 Å². The van der Waals surface area contributed by atoms with E-state index < -0.39 is 0 Å². The van der Waals surface area contributed by atoms with Crippen molar-refractivity contribution in [2.45, 2.75) is 31.9 Å². The number of ether oxygens (including phenoxy) is 1. The summed E-state index contributed by atoms with van der Waals surface area (Å²) in [7, 11) is 0. The molecule has 4 rings (SSSR count). The number of morpholine rings is 1. The summed E-state index contributed by atoms with van der Waals surface area (Å²) in [5, 5.41) is 15.5. The summed E-state index contributed by atoms with van der Waals surface area (Å²) < 4.78 is 5.88. The average Bonchev–Trinajstić information content (AvgIpc) is 3.44. The molecule has 1 atom stereocenters. The van der Waals surface area contributed by atoms with Crippen LogP contribution in [0.3, 0.4) is 0 Å². The van der Waals surface area contributed by atoms with Gasteiger partial charge < -0.3 is 10.1 Å². The van der Waals surface area contributed by atoms with Crippen molar-refractivity contribution in [1.82, 2.24) is 9.88 Å². The van der Waals surface area contributed by atoms with Gasteiger partial charge in [0.15, 0.2) is 5.52 Å². The molecule has 0 spiro atoms. The number of non-ortho nitro benzene ring substituents is 1. The smallest absolute Gasteiger partial charge is 0.295 e. The lowest BCUT2D eigenvalue weighted by atomic mass is 10.1. The monoisotopic (exact) mass is 342 g/mol. The lowest BCUT2D eigenvalue weighted by Gasteiger charge is -2.33. The topological polar surface area (TPSA) is 80.5 Å². The Morgan fingerprint density at radius 2 is 2.28 bits per heavy atom. The van der Waals surface area contributed by atoms with Crippen LogP contribution in [0.4, 0.5) is 11.4 Å². The molecule has 1 aliphatic carbocycles. The van der Waals surface area contributed by atoms with Gasteiger partial charge in [-0.25, -0.2) is 4.98 Å². The second-order valence-electron chi connectivity index (χ2n) is 6.84. The van der Waals surface area contributed by atoms with Crippen molar-refractivity contribution in [3.63, 3.8) is 0 Å². The predicted octanol–water partition coefficient (Wildman–Crippen LogP) is 2.73. The Morgan fingerprint density at radius 3 is 3.04 bits per heavy atom. The summed E-state index contributed by atoms with van der Waals surface area (Å²) in [6.07, 6.45) is 2.74. The van der Waals surface area contributed by atoms with Crippen molar-refractivity contribution in [1.29, 1.82) is 0 Å². The first-order chi connectivity index (χ1) is 12.1. The minimum absolute atomic E-state index is 0.0399. The number of rotatable bonds is 5. The van der Waals surface area contributed by atoms with Crippen LogP contribution in [0, 0.1) is 17.0 Å². The fourth-order valence-corrected chi connectivity index (χ4v) is 3.52. The van der Waals surface area contributed by atoms with Crippen LogP contribution in [-0.2, 0) is 4.74 Å². The van der Waals surface area contributed by atoms with Gasteiger partial charge in [0, 0.05) is 48.5 Å². The number of para-hydroxylation sites is 1. The number of nitrogens with one attached hydrogen (secondary N) is 1. The largest absolute Gasteiger partial charge is 0.382 e. The molecule has 0 amide bonds. The molecule has 2 fully saturated rings. The van der Waals surface area contributed by atoms with Gasteiger partial charge in [-0.2, -0.15) is 0 Å². The summed E-state index contributed by atoms with van der Waals surface area (Å²) in [5.41, 5.74) is 2.10. The van der Waals surface area contributed by atoms with Crippen molar-refractivity contribution < 1.29 is 9.66 Å². The van der Waals surface area contributed by atoms with Gasteiger partial charge in [-0.05, 0) is 25.8 Å². The van der Waals surface area contributed by atoms with Gasteiger partial charge in [-0.1, -0.05) is 12.1 Å².